The highest BCUT2D eigenvalue weighted by atomic mass is 32.1. The number of benzene rings is 2. The summed E-state index contributed by atoms with van der Waals surface area (Å²) in [4.78, 5) is 25.2. The monoisotopic (exact) mass is 405 g/mol. The van der Waals surface area contributed by atoms with E-state index in [1.165, 1.54) is 24.0 Å². The van der Waals surface area contributed by atoms with Crippen LogP contribution in [-0.2, 0) is 11.2 Å². The Labute approximate surface area is 171 Å². The number of rotatable bonds is 5. The van der Waals surface area contributed by atoms with E-state index in [0.29, 0.717) is 16.1 Å². The fourth-order valence-corrected chi connectivity index (χ4v) is 4.10. The minimum Gasteiger partial charge on any atom is -0.465 e. The Bertz CT molecular complexity index is 1150. The Hall–Kier alpha value is -3.38. The lowest BCUT2D eigenvalue weighted by Gasteiger charge is -2.07. The van der Waals surface area contributed by atoms with Crippen LogP contribution in [0.25, 0.3) is 22.1 Å². The minimum absolute atomic E-state index is 0.185. The summed E-state index contributed by atoms with van der Waals surface area (Å²) in [5, 5.41) is 5.92. The summed E-state index contributed by atoms with van der Waals surface area (Å²) in [6.07, 6.45) is 0.937. The maximum atomic E-state index is 12.7. The summed E-state index contributed by atoms with van der Waals surface area (Å²) in [5.74, 6) is -0.730. The van der Waals surface area contributed by atoms with Gasteiger partial charge in [-0.3, -0.25) is 4.79 Å². The number of furan rings is 1. The van der Waals surface area contributed by atoms with Gasteiger partial charge in [-0.05, 0) is 29.7 Å². The van der Waals surface area contributed by atoms with Crippen molar-refractivity contribution in [3.05, 3.63) is 76.9 Å². The molecular weight excluding hydrogens is 386 g/mol. The lowest BCUT2D eigenvalue weighted by Crippen LogP contribution is -2.13. The highest BCUT2D eigenvalue weighted by Gasteiger charge is 2.23. The predicted octanol–water partition coefficient (Wildman–Crippen LogP) is 5.76. The second-order valence-corrected chi connectivity index (χ2v) is 7.38. The van der Waals surface area contributed by atoms with Crippen molar-refractivity contribution in [1.29, 1.82) is 0 Å². The van der Waals surface area contributed by atoms with Gasteiger partial charge < -0.3 is 14.5 Å². The van der Waals surface area contributed by atoms with Gasteiger partial charge >= 0.3 is 5.97 Å². The molecule has 0 bridgehead atoms. The van der Waals surface area contributed by atoms with Crippen LogP contribution in [0.4, 0.5) is 5.00 Å². The number of ether oxygens (including phenoxy) is 1. The van der Waals surface area contributed by atoms with Crippen molar-refractivity contribution in [1.82, 2.24) is 0 Å². The standard InChI is InChI=1S/C23H19NO4S/c1-3-14-8-10-15(11-9-14)17-13-29-22(20(17)23(26)27-2)24-21(25)19-12-16-6-4-5-7-18(16)28-19/h4-13H,3H2,1-2H3,(H,24,25). The van der Waals surface area contributed by atoms with Crippen molar-refractivity contribution in [2.24, 2.45) is 0 Å². The first kappa shape index (κ1) is 19.0. The van der Waals surface area contributed by atoms with Gasteiger partial charge in [0.2, 0.25) is 0 Å². The smallest absolute Gasteiger partial charge is 0.341 e. The molecule has 0 aliphatic carbocycles. The molecule has 29 heavy (non-hydrogen) atoms. The Morgan fingerprint density at radius 1 is 1.10 bits per heavy atom. The summed E-state index contributed by atoms with van der Waals surface area (Å²) in [5.41, 5.74) is 3.80. The number of esters is 1. The number of methoxy groups -OCH3 is 1. The van der Waals surface area contributed by atoms with E-state index in [2.05, 4.69) is 12.2 Å². The van der Waals surface area contributed by atoms with Gasteiger partial charge in [-0.2, -0.15) is 0 Å². The molecule has 146 valence electrons. The molecule has 1 amide bonds. The summed E-state index contributed by atoms with van der Waals surface area (Å²) in [6, 6.07) is 17.1. The van der Waals surface area contributed by atoms with Crippen LogP contribution < -0.4 is 5.32 Å². The molecule has 0 aliphatic heterocycles. The number of aryl methyl sites for hydroxylation is 1. The molecule has 0 spiro atoms. The molecule has 4 rings (SSSR count). The van der Waals surface area contributed by atoms with Gasteiger partial charge in [0.05, 0.1) is 7.11 Å². The third-order valence-corrected chi connectivity index (χ3v) is 5.63. The molecule has 0 saturated heterocycles. The molecule has 6 heteroatoms. The van der Waals surface area contributed by atoms with Crippen molar-refractivity contribution >= 4 is 39.2 Å². The van der Waals surface area contributed by atoms with Crippen molar-refractivity contribution in [3.8, 4) is 11.1 Å². The zero-order chi connectivity index (χ0) is 20.4. The van der Waals surface area contributed by atoms with Gasteiger partial charge in [0.1, 0.15) is 16.1 Å². The zero-order valence-electron chi connectivity index (χ0n) is 16.0. The molecule has 0 unspecified atom stereocenters. The Balaban J connectivity index is 1.68. The van der Waals surface area contributed by atoms with Crippen molar-refractivity contribution in [2.75, 3.05) is 12.4 Å². The summed E-state index contributed by atoms with van der Waals surface area (Å²) >= 11 is 1.28. The second kappa shape index (κ2) is 7.93. The van der Waals surface area contributed by atoms with Crippen molar-refractivity contribution < 1.29 is 18.7 Å². The second-order valence-electron chi connectivity index (χ2n) is 6.50. The largest absolute Gasteiger partial charge is 0.465 e. The number of amides is 1. The van der Waals surface area contributed by atoms with Crippen molar-refractivity contribution in [2.45, 2.75) is 13.3 Å². The number of thiophene rings is 1. The van der Waals surface area contributed by atoms with Gasteiger partial charge in [-0.25, -0.2) is 4.79 Å². The first-order chi connectivity index (χ1) is 14.1. The molecule has 0 aliphatic rings. The van der Waals surface area contributed by atoms with E-state index in [1.54, 1.807) is 12.1 Å². The number of hydrogen-bond acceptors (Lipinski definition) is 5. The highest BCUT2D eigenvalue weighted by Crippen LogP contribution is 2.36. The maximum Gasteiger partial charge on any atom is 0.341 e. The van der Waals surface area contributed by atoms with E-state index in [4.69, 9.17) is 9.15 Å². The van der Waals surface area contributed by atoms with E-state index >= 15 is 0 Å². The van der Waals surface area contributed by atoms with Crippen LogP contribution in [0.5, 0.6) is 0 Å². The molecule has 2 aromatic heterocycles. The third-order valence-electron chi connectivity index (χ3n) is 4.73. The SMILES string of the molecule is CCc1ccc(-c2csc(NC(=O)c3cc4ccccc4o3)c2C(=O)OC)cc1. The molecule has 0 atom stereocenters. The number of hydrogen-bond donors (Lipinski definition) is 1. The van der Waals surface area contributed by atoms with Crippen LogP contribution in [-0.4, -0.2) is 19.0 Å². The Morgan fingerprint density at radius 2 is 1.86 bits per heavy atom. The van der Waals surface area contributed by atoms with Crippen LogP contribution in [0, 0.1) is 0 Å². The lowest BCUT2D eigenvalue weighted by molar-refractivity contribution is 0.0603. The zero-order valence-corrected chi connectivity index (χ0v) is 16.8. The summed E-state index contributed by atoms with van der Waals surface area (Å²) in [6.45, 7) is 2.09. The van der Waals surface area contributed by atoms with Gasteiger partial charge in [-0.1, -0.05) is 49.4 Å². The van der Waals surface area contributed by atoms with Crippen LogP contribution in [0.2, 0.25) is 0 Å². The normalized spacial score (nSPS) is 10.8. The van der Waals surface area contributed by atoms with Crippen molar-refractivity contribution in [3.63, 3.8) is 0 Å². The first-order valence-electron chi connectivity index (χ1n) is 9.19. The number of fused-ring (bicyclic) bond motifs is 1. The Kier molecular flexibility index (Phi) is 5.18. The molecule has 2 heterocycles. The molecule has 4 aromatic rings. The number of nitrogens with one attached hydrogen (secondary N) is 1. The van der Waals surface area contributed by atoms with E-state index in [-0.39, 0.29) is 5.76 Å². The van der Waals surface area contributed by atoms with E-state index in [1.807, 2.05) is 47.8 Å². The van der Waals surface area contributed by atoms with Gasteiger partial charge in [0, 0.05) is 16.3 Å². The summed E-state index contributed by atoms with van der Waals surface area (Å²) in [7, 11) is 1.33. The van der Waals surface area contributed by atoms with Crippen LogP contribution in [0.1, 0.15) is 33.4 Å². The number of anilines is 1. The van der Waals surface area contributed by atoms with Crippen LogP contribution in [0.3, 0.4) is 0 Å². The molecule has 0 saturated carbocycles. The number of carbonyl (C=O) groups excluding carboxylic acids is 2. The third kappa shape index (κ3) is 3.67. The molecule has 2 aromatic carbocycles. The maximum absolute atomic E-state index is 12.7. The molecule has 5 nitrogen and oxygen atoms in total. The lowest BCUT2D eigenvalue weighted by atomic mass is 10.0. The Morgan fingerprint density at radius 3 is 2.55 bits per heavy atom. The fourth-order valence-electron chi connectivity index (χ4n) is 3.15. The van der Waals surface area contributed by atoms with Gasteiger partial charge in [0.25, 0.3) is 5.91 Å². The van der Waals surface area contributed by atoms with Gasteiger partial charge in [-0.15, -0.1) is 11.3 Å². The van der Waals surface area contributed by atoms with Crippen LogP contribution in [0.15, 0.2) is 64.4 Å². The van der Waals surface area contributed by atoms with Crippen LogP contribution >= 0.6 is 11.3 Å². The average molecular weight is 405 g/mol. The highest BCUT2D eigenvalue weighted by molar-refractivity contribution is 7.15. The molecular formula is C23H19NO4S. The topological polar surface area (TPSA) is 68.5 Å². The van der Waals surface area contributed by atoms with E-state index < -0.39 is 11.9 Å². The quantitative estimate of drug-likeness (QED) is 0.429. The predicted molar refractivity (Wildman–Crippen MR) is 115 cm³/mol. The molecule has 0 fully saturated rings. The fraction of sp³-hybridized carbons (Fsp3) is 0.130. The molecule has 1 N–H and O–H groups in total. The number of para-hydroxylation sites is 1. The van der Waals surface area contributed by atoms with E-state index in [0.717, 1.165) is 22.9 Å². The van der Waals surface area contributed by atoms with Gasteiger partial charge in [0.15, 0.2) is 5.76 Å². The minimum atomic E-state index is -0.499. The first-order valence-corrected chi connectivity index (χ1v) is 10.1. The van der Waals surface area contributed by atoms with E-state index in [9.17, 15) is 9.59 Å². The average Bonchev–Trinajstić information content (AvgIpc) is 3.37. The molecule has 0 radical (unpaired) electrons. The summed E-state index contributed by atoms with van der Waals surface area (Å²) < 4.78 is 10.6. The number of carbonyl (C=O) groups is 2.